The number of aryl methyl sites for hydroxylation is 1. The highest BCUT2D eigenvalue weighted by molar-refractivity contribution is 8.01. The van der Waals surface area contributed by atoms with E-state index in [0.717, 1.165) is 29.2 Å². The van der Waals surface area contributed by atoms with Gasteiger partial charge < -0.3 is 5.32 Å². The molecular weight excluding hydrogens is 330 g/mol. The number of anilines is 1. The second-order valence-electron chi connectivity index (χ2n) is 5.98. The molecule has 0 spiro atoms. The number of nitrogens with zero attached hydrogens (tertiary/aromatic N) is 2. The number of fused-ring (bicyclic) bond motifs is 1. The van der Waals surface area contributed by atoms with Crippen molar-refractivity contribution in [2.75, 3.05) is 5.32 Å². The van der Waals surface area contributed by atoms with Crippen LogP contribution in [0.25, 0.3) is 11.3 Å². The predicted octanol–water partition coefficient (Wildman–Crippen LogP) is 4.11. The second kappa shape index (κ2) is 6.69. The zero-order chi connectivity index (χ0) is 17.2. The number of nitrogens with one attached hydrogen (secondary N) is 1. The molecule has 1 aliphatic heterocycles. The molecule has 0 radical (unpaired) electrons. The molecule has 0 saturated heterocycles. The van der Waals surface area contributed by atoms with Crippen LogP contribution in [0.2, 0.25) is 0 Å². The average molecular weight is 347 g/mol. The predicted molar refractivity (Wildman–Crippen MR) is 101 cm³/mol. The molecule has 1 aromatic heterocycles. The first-order chi connectivity index (χ1) is 12.2. The van der Waals surface area contributed by atoms with Gasteiger partial charge >= 0.3 is 0 Å². The first-order valence-electron chi connectivity index (χ1n) is 8.14. The van der Waals surface area contributed by atoms with Crippen molar-refractivity contribution in [3.05, 3.63) is 72.2 Å². The smallest absolute Gasteiger partial charge is 0.238 e. The number of carbonyl (C=O) groups excluding carboxylic acids is 1. The molecule has 25 heavy (non-hydrogen) atoms. The fourth-order valence-electron chi connectivity index (χ4n) is 2.92. The maximum atomic E-state index is 12.6. The average Bonchev–Trinajstić information content (AvgIpc) is 3.06. The largest absolute Gasteiger partial charge is 0.325 e. The Morgan fingerprint density at radius 2 is 2.04 bits per heavy atom. The summed E-state index contributed by atoms with van der Waals surface area (Å²) in [6.07, 6.45) is 2.52. The number of thioether (sulfide) groups is 1. The summed E-state index contributed by atoms with van der Waals surface area (Å²) >= 11 is 1.63. The van der Waals surface area contributed by atoms with Gasteiger partial charge in [0.25, 0.3) is 0 Å². The lowest BCUT2D eigenvalue weighted by atomic mass is 10.1. The van der Waals surface area contributed by atoms with Gasteiger partial charge in [0.2, 0.25) is 5.91 Å². The maximum absolute atomic E-state index is 12.6. The van der Waals surface area contributed by atoms with Crippen LogP contribution < -0.4 is 5.32 Å². The molecule has 2 heterocycles. The molecule has 2 aromatic carbocycles. The van der Waals surface area contributed by atoms with E-state index in [1.807, 2.05) is 49.4 Å². The van der Waals surface area contributed by atoms with Crippen molar-refractivity contribution < 1.29 is 4.79 Å². The van der Waals surface area contributed by atoms with Crippen molar-refractivity contribution in [3.63, 3.8) is 0 Å². The zero-order valence-electron chi connectivity index (χ0n) is 13.8. The third-order valence-electron chi connectivity index (χ3n) is 4.14. The summed E-state index contributed by atoms with van der Waals surface area (Å²) in [5.41, 5.74) is 3.85. The highest BCUT2D eigenvalue weighted by Crippen LogP contribution is 2.37. The van der Waals surface area contributed by atoms with Gasteiger partial charge in [-0.25, -0.2) is 9.97 Å². The van der Waals surface area contributed by atoms with E-state index in [4.69, 9.17) is 0 Å². The molecule has 0 unspecified atom stereocenters. The fourth-order valence-corrected chi connectivity index (χ4v) is 4.12. The Bertz CT molecular complexity index is 916. The van der Waals surface area contributed by atoms with E-state index >= 15 is 0 Å². The monoisotopic (exact) mass is 347 g/mol. The van der Waals surface area contributed by atoms with Crippen LogP contribution in [0.4, 0.5) is 5.69 Å². The van der Waals surface area contributed by atoms with E-state index in [2.05, 4.69) is 27.4 Å². The van der Waals surface area contributed by atoms with Gasteiger partial charge in [0.05, 0.1) is 10.9 Å². The topological polar surface area (TPSA) is 54.9 Å². The van der Waals surface area contributed by atoms with Crippen molar-refractivity contribution in [1.82, 2.24) is 9.97 Å². The van der Waals surface area contributed by atoms with E-state index in [1.54, 1.807) is 18.0 Å². The SMILES string of the molecule is Cc1nccc(-c2cccc(NC(=O)[C@H]3Cc4ccccc4S3)c2)n1. The number of hydrogen-bond acceptors (Lipinski definition) is 4. The quantitative estimate of drug-likeness (QED) is 0.775. The van der Waals surface area contributed by atoms with Gasteiger partial charge in [0, 0.05) is 22.3 Å². The van der Waals surface area contributed by atoms with Crippen LogP contribution in [0.3, 0.4) is 0 Å². The summed E-state index contributed by atoms with van der Waals surface area (Å²) in [6, 6.07) is 17.8. The van der Waals surface area contributed by atoms with E-state index < -0.39 is 0 Å². The Morgan fingerprint density at radius 3 is 2.88 bits per heavy atom. The van der Waals surface area contributed by atoms with Gasteiger partial charge in [0.1, 0.15) is 5.82 Å². The van der Waals surface area contributed by atoms with Crippen LogP contribution >= 0.6 is 11.8 Å². The third kappa shape index (κ3) is 3.42. The molecule has 4 nitrogen and oxygen atoms in total. The van der Waals surface area contributed by atoms with Gasteiger partial charge in [-0.3, -0.25) is 4.79 Å². The maximum Gasteiger partial charge on any atom is 0.238 e. The van der Waals surface area contributed by atoms with Crippen molar-refractivity contribution in [2.24, 2.45) is 0 Å². The van der Waals surface area contributed by atoms with Crippen LogP contribution in [0, 0.1) is 6.92 Å². The number of rotatable bonds is 3. The molecule has 4 rings (SSSR count). The Hall–Kier alpha value is -2.66. The molecule has 0 bridgehead atoms. The minimum absolute atomic E-state index is 0.0391. The van der Waals surface area contributed by atoms with Gasteiger partial charge in [-0.15, -0.1) is 11.8 Å². The minimum atomic E-state index is -0.0812. The van der Waals surface area contributed by atoms with Gasteiger partial charge in [0.15, 0.2) is 0 Å². The Kier molecular flexibility index (Phi) is 4.24. The lowest BCUT2D eigenvalue weighted by Crippen LogP contribution is -2.24. The third-order valence-corrected chi connectivity index (χ3v) is 5.46. The fraction of sp³-hybridized carbons (Fsp3) is 0.150. The second-order valence-corrected chi connectivity index (χ2v) is 7.22. The number of carbonyl (C=O) groups is 1. The summed E-state index contributed by atoms with van der Waals surface area (Å²) in [7, 11) is 0. The zero-order valence-corrected chi connectivity index (χ0v) is 14.6. The van der Waals surface area contributed by atoms with Gasteiger partial charge in [-0.2, -0.15) is 0 Å². The number of benzene rings is 2. The number of hydrogen-bond donors (Lipinski definition) is 1. The Balaban J connectivity index is 1.50. The molecule has 1 amide bonds. The highest BCUT2D eigenvalue weighted by Gasteiger charge is 2.27. The van der Waals surface area contributed by atoms with E-state index in [-0.39, 0.29) is 11.2 Å². The molecule has 1 aliphatic rings. The molecular formula is C20H17N3OS. The van der Waals surface area contributed by atoms with Crippen LogP contribution in [0.1, 0.15) is 11.4 Å². The summed E-state index contributed by atoms with van der Waals surface area (Å²) in [4.78, 5) is 22.4. The Labute approximate surface area is 150 Å². The highest BCUT2D eigenvalue weighted by atomic mass is 32.2. The minimum Gasteiger partial charge on any atom is -0.325 e. The van der Waals surface area contributed by atoms with Crippen molar-refractivity contribution in [3.8, 4) is 11.3 Å². The van der Waals surface area contributed by atoms with Gasteiger partial charge in [-0.05, 0) is 43.2 Å². The lowest BCUT2D eigenvalue weighted by molar-refractivity contribution is -0.115. The van der Waals surface area contributed by atoms with Gasteiger partial charge in [-0.1, -0.05) is 30.3 Å². The lowest BCUT2D eigenvalue weighted by Gasteiger charge is -2.11. The van der Waals surface area contributed by atoms with Crippen LogP contribution in [-0.2, 0) is 11.2 Å². The summed E-state index contributed by atoms with van der Waals surface area (Å²) in [5.74, 6) is 0.768. The van der Waals surface area contributed by atoms with Crippen molar-refractivity contribution in [1.29, 1.82) is 0 Å². The van der Waals surface area contributed by atoms with Crippen molar-refractivity contribution in [2.45, 2.75) is 23.5 Å². The number of aromatic nitrogens is 2. The molecule has 1 N–H and O–H groups in total. The molecule has 0 aliphatic carbocycles. The first-order valence-corrected chi connectivity index (χ1v) is 9.02. The van der Waals surface area contributed by atoms with Crippen LogP contribution in [0.15, 0.2) is 65.7 Å². The first kappa shape index (κ1) is 15.8. The van der Waals surface area contributed by atoms with E-state index in [0.29, 0.717) is 0 Å². The molecule has 0 fully saturated rings. The molecule has 5 heteroatoms. The van der Waals surface area contributed by atoms with E-state index in [9.17, 15) is 4.79 Å². The van der Waals surface area contributed by atoms with Crippen LogP contribution in [-0.4, -0.2) is 21.1 Å². The standard InChI is InChI=1S/C20H17N3OS/c1-13-21-10-9-17(22-13)14-6-4-7-16(11-14)23-20(24)19-12-15-5-2-3-8-18(15)25-19/h2-11,19H,12H2,1H3,(H,23,24)/t19-/m1/s1. The summed E-state index contributed by atoms with van der Waals surface area (Å²) < 4.78 is 0. The molecule has 1 atom stereocenters. The Morgan fingerprint density at radius 1 is 1.16 bits per heavy atom. The van der Waals surface area contributed by atoms with Crippen LogP contribution in [0.5, 0.6) is 0 Å². The molecule has 0 saturated carbocycles. The van der Waals surface area contributed by atoms with E-state index in [1.165, 1.54) is 10.5 Å². The summed E-state index contributed by atoms with van der Waals surface area (Å²) in [6.45, 7) is 1.87. The molecule has 124 valence electrons. The molecule has 3 aromatic rings. The number of amides is 1. The normalized spacial score (nSPS) is 15.6. The summed E-state index contributed by atoms with van der Waals surface area (Å²) in [5, 5.41) is 2.96. The van der Waals surface area contributed by atoms with Crippen molar-refractivity contribution >= 4 is 23.4 Å².